The van der Waals surface area contributed by atoms with Crippen molar-refractivity contribution in [3.05, 3.63) is 46.4 Å². The molecule has 2 atom stereocenters. The van der Waals surface area contributed by atoms with E-state index in [-0.39, 0.29) is 19.0 Å². The molecule has 0 aliphatic carbocycles. The van der Waals surface area contributed by atoms with Gasteiger partial charge in [-0.2, -0.15) is 4.57 Å². The van der Waals surface area contributed by atoms with Gasteiger partial charge in [0.2, 0.25) is 5.51 Å². The standard InChI is InChI=1S/C32H54NO6PS/c1-4-6-7-8-9-10-11-12-13-14-15-16-17-20-23-36-26-31(37-5-2)27-38-40(34,35)39-32-22-19-18-21-30(32)25-33-24-29(3)41-28-33/h18-19,21-22,24,28,31H,4-17,20,23,25-27H2,1-3H3. The smallest absolute Gasteiger partial charge is 0.319 e. The third-order valence-corrected chi connectivity index (χ3v) is 8.76. The molecule has 9 heteroatoms. The summed E-state index contributed by atoms with van der Waals surface area (Å²) in [4.78, 5) is 13.8. The van der Waals surface area contributed by atoms with E-state index < -0.39 is 13.9 Å². The minimum Gasteiger partial charge on any atom is -0.746 e. The van der Waals surface area contributed by atoms with Crippen LogP contribution in [0.2, 0.25) is 0 Å². The zero-order valence-electron chi connectivity index (χ0n) is 25.7. The van der Waals surface area contributed by atoms with Gasteiger partial charge in [-0.15, -0.1) is 0 Å². The quantitative estimate of drug-likeness (QED) is 0.0607. The molecule has 0 N–H and O–H groups in total. The fourth-order valence-electron chi connectivity index (χ4n) is 4.76. The van der Waals surface area contributed by atoms with Crippen LogP contribution in [0.15, 0.2) is 36.0 Å². The highest BCUT2D eigenvalue weighted by atomic mass is 32.1. The Morgan fingerprint density at radius 2 is 1.49 bits per heavy atom. The molecule has 41 heavy (non-hydrogen) atoms. The van der Waals surface area contributed by atoms with Crippen LogP contribution >= 0.6 is 19.2 Å². The van der Waals surface area contributed by atoms with Crippen molar-refractivity contribution >= 4 is 19.2 Å². The van der Waals surface area contributed by atoms with Crippen LogP contribution < -0.4 is 14.0 Å². The summed E-state index contributed by atoms with van der Waals surface area (Å²) >= 11 is 1.63. The number of aryl methyl sites for hydroxylation is 1. The van der Waals surface area contributed by atoms with Crippen LogP contribution in [-0.2, 0) is 25.1 Å². The second kappa shape index (κ2) is 22.3. The van der Waals surface area contributed by atoms with Gasteiger partial charge >= 0.3 is 7.82 Å². The Kier molecular flexibility index (Phi) is 19.5. The molecule has 0 radical (unpaired) electrons. The van der Waals surface area contributed by atoms with Gasteiger partial charge in [0.25, 0.3) is 0 Å². The van der Waals surface area contributed by atoms with Crippen LogP contribution in [0.1, 0.15) is 114 Å². The van der Waals surface area contributed by atoms with Crippen molar-refractivity contribution in [2.75, 3.05) is 26.4 Å². The number of rotatable bonds is 26. The number of phosphoric ester groups is 1. The number of hydrogen-bond acceptors (Lipinski definition) is 7. The predicted octanol–water partition coefficient (Wildman–Crippen LogP) is 8.16. The number of benzene rings is 1. The van der Waals surface area contributed by atoms with Crippen molar-refractivity contribution in [2.45, 2.75) is 123 Å². The zero-order chi connectivity index (χ0) is 29.6. The van der Waals surface area contributed by atoms with Crippen molar-refractivity contribution in [2.24, 2.45) is 0 Å². The summed E-state index contributed by atoms with van der Waals surface area (Å²) in [5.41, 5.74) is 2.75. The van der Waals surface area contributed by atoms with Gasteiger partial charge in [0.1, 0.15) is 11.9 Å². The highest BCUT2D eigenvalue weighted by molar-refractivity contribution is 7.46. The predicted molar refractivity (Wildman–Crippen MR) is 166 cm³/mol. The molecule has 7 nitrogen and oxygen atoms in total. The number of para-hydroxylation sites is 1. The van der Waals surface area contributed by atoms with Crippen LogP contribution in [0.25, 0.3) is 0 Å². The maximum atomic E-state index is 12.6. The lowest BCUT2D eigenvalue weighted by atomic mass is 10.0. The number of nitrogens with zero attached hydrogens (tertiary/aromatic N) is 1. The second-order valence-electron chi connectivity index (χ2n) is 10.8. The maximum absolute atomic E-state index is 12.6. The topological polar surface area (TPSA) is 80.9 Å². The monoisotopic (exact) mass is 611 g/mol. The van der Waals surface area contributed by atoms with E-state index >= 15 is 0 Å². The van der Waals surface area contributed by atoms with Gasteiger partial charge in [-0.25, -0.2) is 0 Å². The van der Waals surface area contributed by atoms with Crippen molar-refractivity contribution in [1.82, 2.24) is 0 Å². The molecule has 2 aromatic rings. The van der Waals surface area contributed by atoms with E-state index in [1.165, 1.54) is 81.9 Å². The Morgan fingerprint density at radius 3 is 2.07 bits per heavy atom. The van der Waals surface area contributed by atoms with E-state index in [1.807, 2.05) is 42.3 Å². The highest BCUT2D eigenvalue weighted by Gasteiger charge is 2.19. The lowest BCUT2D eigenvalue weighted by Crippen LogP contribution is -2.31. The van der Waals surface area contributed by atoms with E-state index in [9.17, 15) is 9.46 Å². The molecule has 234 valence electrons. The highest BCUT2D eigenvalue weighted by Crippen LogP contribution is 2.41. The molecule has 0 spiro atoms. The molecule has 0 bridgehead atoms. The molecule has 2 unspecified atom stereocenters. The molecule has 1 aromatic carbocycles. The van der Waals surface area contributed by atoms with Gasteiger partial charge in [0, 0.05) is 13.2 Å². The van der Waals surface area contributed by atoms with Crippen molar-refractivity contribution in [1.29, 1.82) is 0 Å². The summed E-state index contributed by atoms with van der Waals surface area (Å²) in [5.74, 6) is 0.268. The Bertz CT molecular complexity index is 971. The first-order chi connectivity index (χ1) is 19.9. The largest absolute Gasteiger partial charge is 0.746 e. The molecule has 0 saturated carbocycles. The molecule has 1 aromatic heterocycles. The van der Waals surface area contributed by atoms with Gasteiger partial charge in [-0.1, -0.05) is 114 Å². The van der Waals surface area contributed by atoms with Crippen LogP contribution in [-0.4, -0.2) is 32.5 Å². The molecule has 1 heterocycles. The van der Waals surface area contributed by atoms with Crippen LogP contribution in [0.4, 0.5) is 0 Å². The summed E-state index contributed by atoms with van der Waals surface area (Å²) in [7, 11) is -4.59. The number of unbranched alkanes of at least 4 members (excludes halogenated alkanes) is 13. The number of thiazole rings is 1. The summed E-state index contributed by atoms with van der Waals surface area (Å²) in [5, 5.41) is 0. The Labute approximate surface area is 253 Å². The van der Waals surface area contributed by atoms with E-state index in [0.29, 0.717) is 19.8 Å². The number of aromatic nitrogens is 1. The summed E-state index contributed by atoms with van der Waals surface area (Å²) in [6.45, 7) is 7.90. The van der Waals surface area contributed by atoms with Crippen LogP contribution in [0.3, 0.4) is 0 Å². The van der Waals surface area contributed by atoms with Crippen LogP contribution in [0.5, 0.6) is 5.75 Å². The molecule has 0 aliphatic heterocycles. The first-order valence-electron chi connectivity index (χ1n) is 15.8. The van der Waals surface area contributed by atoms with Crippen molar-refractivity contribution in [3.63, 3.8) is 0 Å². The molecule has 0 amide bonds. The Balaban J connectivity index is 1.56. The molecule has 0 fully saturated rings. The third kappa shape index (κ3) is 17.4. The first-order valence-corrected chi connectivity index (χ1v) is 18.1. The molecule has 0 aliphatic rings. The zero-order valence-corrected chi connectivity index (χ0v) is 27.4. The molecule has 2 rings (SSSR count). The van der Waals surface area contributed by atoms with Gasteiger partial charge in [0.05, 0.1) is 23.7 Å². The number of hydrogen-bond donors (Lipinski definition) is 0. The van der Waals surface area contributed by atoms with Gasteiger partial charge in [-0.3, -0.25) is 4.57 Å². The summed E-state index contributed by atoms with van der Waals surface area (Å²) in [6, 6.07) is 7.10. The summed E-state index contributed by atoms with van der Waals surface area (Å²) < 4.78 is 36.6. The van der Waals surface area contributed by atoms with E-state index in [0.717, 1.165) is 18.4 Å². The maximum Gasteiger partial charge on any atom is 0.319 e. The molecule has 0 saturated heterocycles. The van der Waals surface area contributed by atoms with Gasteiger partial charge in [-0.05, 0) is 32.4 Å². The average molecular weight is 612 g/mol. The lowest BCUT2D eigenvalue weighted by molar-refractivity contribution is -0.683. The minimum absolute atomic E-state index is 0.145. The Morgan fingerprint density at radius 1 is 0.878 bits per heavy atom. The third-order valence-electron chi connectivity index (χ3n) is 7.02. The minimum atomic E-state index is -4.59. The number of phosphoric acid groups is 1. The molecular formula is C32H54NO6PS. The summed E-state index contributed by atoms with van der Waals surface area (Å²) in [6.07, 6.45) is 20.0. The van der Waals surface area contributed by atoms with Crippen molar-refractivity contribution < 1.29 is 32.5 Å². The van der Waals surface area contributed by atoms with E-state index in [4.69, 9.17) is 18.5 Å². The SMILES string of the molecule is CCCCCCCCCCCCCCCCOCC(COP(=O)([O-])Oc1ccccc1C[n+]1csc(C)c1)OCC. The lowest BCUT2D eigenvalue weighted by Gasteiger charge is -2.26. The van der Waals surface area contributed by atoms with Crippen LogP contribution in [0, 0.1) is 6.92 Å². The van der Waals surface area contributed by atoms with Crippen molar-refractivity contribution in [3.8, 4) is 5.75 Å². The van der Waals surface area contributed by atoms with Gasteiger partial charge < -0.3 is 23.4 Å². The second-order valence-corrected chi connectivity index (χ2v) is 13.3. The fraction of sp³-hybridized carbons (Fsp3) is 0.719. The number of ether oxygens (including phenoxy) is 2. The fourth-order valence-corrected chi connectivity index (χ4v) is 6.22. The first kappa shape index (κ1) is 35.9. The average Bonchev–Trinajstić information content (AvgIpc) is 3.36. The van der Waals surface area contributed by atoms with E-state index in [2.05, 4.69) is 6.92 Å². The Hall–Kier alpha value is -1.28. The van der Waals surface area contributed by atoms with E-state index in [1.54, 1.807) is 23.5 Å². The van der Waals surface area contributed by atoms with Gasteiger partial charge in [0.15, 0.2) is 12.7 Å². The molecular weight excluding hydrogens is 557 g/mol. The normalized spacial score (nSPS) is 13.8.